The number of thioether (sulfide) groups is 1. The molecule has 1 amide bonds. The van der Waals surface area contributed by atoms with Crippen molar-refractivity contribution in [2.45, 2.75) is 69.6 Å². The lowest BCUT2D eigenvalue weighted by Gasteiger charge is -2.25. The number of aryl methyl sites for hydroxylation is 2. The summed E-state index contributed by atoms with van der Waals surface area (Å²) >= 11 is 1.45. The highest BCUT2D eigenvalue weighted by Crippen LogP contribution is 2.35. The molecule has 1 atom stereocenters. The zero-order chi connectivity index (χ0) is 22.8. The van der Waals surface area contributed by atoms with Crippen LogP contribution in [0.3, 0.4) is 0 Å². The van der Waals surface area contributed by atoms with Crippen molar-refractivity contribution in [3.05, 3.63) is 65.4 Å². The molecule has 5 rings (SSSR count). The Morgan fingerprint density at radius 1 is 1.09 bits per heavy atom. The Hall–Kier alpha value is -2.87. The molecule has 1 aliphatic carbocycles. The first-order valence-corrected chi connectivity index (χ1v) is 12.6. The predicted molar refractivity (Wildman–Crippen MR) is 128 cm³/mol. The van der Waals surface area contributed by atoms with Gasteiger partial charge in [0.25, 0.3) is 5.91 Å². The first kappa shape index (κ1) is 21.9. The number of furan rings is 1. The summed E-state index contributed by atoms with van der Waals surface area (Å²) in [5.74, 6) is 1.87. The van der Waals surface area contributed by atoms with Gasteiger partial charge in [-0.1, -0.05) is 60.9 Å². The summed E-state index contributed by atoms with van der Waals surface area (Å²) in [5, 5.41) is 15.8. The Kier molecular flexibility index (Phi) is 6.35. The molecule has 1 aromatic carbocycles. The maximum atomic E-state index is 13.3. The van der Waals surface area contributed by atoms with Crippen LogP contribution in [0.5, 0.6) is 0 Å². The van der Waals surface area contributed by atoms with E-state index in [0.717, 1.165) is 40.9 Å². The lowest BCUT2D eigenvalue weighted by molar-refractivity contribution is -0.130. The van der Waals surface area contributed by atoms with Crippen LogP contribution in [-0.4, -0.2) is 37.1 Å². The van der Waals surface area contributed by atoms with Crippen molar-refractivity contribution in [2.75, 3.05) is 5.75 Å². The molecule has 8 heteroatoms. The number of hydrogen-bond acceptors (Lipinski definition) is 6. The predicted octanol–water partition coefficient (Wildman–Crippen LogP) is 5.46. The van der Waals surface area contributed by atoms with Gasteiger partial charge in [-0.15, -0.1) is 10.2 Å². The second-order valence-corrected chi connectivity index (χ2v) is 9.81. The van der Waals surface area contributed by atoms with Gasteiger partial charge in [0.05, 0.1) is 17.7 Å². The van der Waals surface area contributed by atoms with Gasteiger partial charge in [-0.3, -0.25) is 4.79 Å². The molecule has 172 valence electrons. The number of aromatic nitrogens is 3. The monoisotopic (exact) mass is 463 g/mol. The van der Waals surface area contributed by atoms with E-state index >= 15 is 0 Å². The average Bonchev–Trinajstić information content (AvgIpc) is 3.58. The lowest BCUT2D eigenvalue weighted by atomic mass is 9.95. The minimum absolute atomic E-state index is 0.0561. The van der Waals surface area contributed by atoms with Crippen LogP contribution in [-0.2, 0) is 4.79 Å². The van der Waals surface area contributed by atoms with Gasteiger partial charge in [0.1, 0.15) is 17.6 Å². The molecule has 1 fully saturated rings. The third kappa shape index (κ3) is 4.62. The highest BCUT2D eigenvalue weighted by Gasteiger charge is 2.35. The fourth-order valence-electron chi connectivity index (χ4n) is 4.76. The third-order valence-electron chi connectivity index (χ3n) is 6.52. The van der Waals surface area contributed by atoms with Gasteiger partial charge in [-0.25, -0.2) is 5.01 Å². The molecule has 0 spiro atoms. The Morgan fingerprint density at radius 2 is 1.88 bits per heavy atom. The summed E-state index contributed by atoms with van der Waals surface area (Å²) in [6, 6.07) is 12.2. The largest absolute Gasteiger partial charge is 0.467 e. The highest BCUT2D eigenvalue weighted by molar-refractivity contribution is 7.99. The number of hydrazone groups is 1. The summed E-state index contributed by atoms with van der Waals surface area (Å²) in [6.45, 7) is 4.06. The van der Waals surface area contributed by atoms with Gasteiger partial charge >= 0.3 is 0 Å². The van der Waals surface area contributed by atoms with Crippen molar-refractivity contribution in [3.8, 4) is 0 Å². The molecule has 3 heterocycles. The Labute approximate surface area is 198 Å². The molecule has 0 N–H and O–H groups in total. The van der Waals surface area contributed by atoms with Crippen LogP contribution in [0.4, 0.5) is 0 Å². The number of nitrogens with zero attached hydrogens (tertiary/aromatic N) is 5. The van der Waals surface area contributed by atoms with Crippen LogP contribution in [0, 0.1) is 13.8 Å². The second-order valence-electron chi connectivity index (χ2n) is 8.87. The van der Waals surface area contributed by atoms with E-state index in [4.69, 9.17) is 9.52 Å². The normalized spacial score (nSPS) is 19.2. The van der Waals surface area contributed by atoms with Gasteiger partial charge in [0, 0.05) is 12.5 Å². The highest BCUT2D eigenvalue weighted by atomic mass is 32.2. The Balaban J connectivity index is 1.34. The van der Waals surface area contributed by atoms with Crippen molar-refractivity contribution in [2.24, 2.45) is 5.10 Å². The topological polar surface area (TPSA) is 76.5 Å². The number of carbonyl (C=O) groups excluding carboxylic acids is 1. The molecular weight excluding hydrogens is 434 g/mol. The summed E-state index contributed by atoms with van der Waals surface area (Å²) in [4.78, 5) is 13.3. The van der Waals surface area contributed by atoms with Gasteiger partial charge in [0.15, 0.2) is 5.16 Å². The molecule has 0 bridgehead atoms. The molecule has 1 saturated carbocycles. The van der Waals surface area contributed by atoms with Crippen molar-refractivity contribution in [1.82, 2.24) is 19.8 Å². The van der Waals surface area contributed by atoms with Crippen LogP contribution in [0.25, 0.3) is 0 Å². The molecule has 33 heavy (non-hydrogen) atoms. The zero-order valence-corrected chi connectivity index (χ0v) is 19.9. The second kappa shape index (κ2) is 9.55. The molecule has 1 aliphatic heterocycles. The van der Waals surface area contributed by atoms with Crippen LogP contribution in [0.15, 0.2) is 57.3 Å². The van der Waals surface area contributed by atoms with E-state index in [1.54, 1.807) is 11.3 Å². The average molecular weight is 464 g/mol. The van der Waals surface area contributed by atoms with Gasteiger partial charge in [-0.2, -0.15) is 5.10 Å². The van der Waals surface area contributed by atoms with Crippen LogP contribution in [0.1, 0.15) is 73.3 Å². The van der Waals surface area contributed by atoms with E-state index in [-0.39, 0.29) is 17.7 Å². The molecule has 0 radical (unpaired) electrons. The number of hydrogen-bond donors (Lipinski definition) is 0. The molecule has 3 aromatic rings. The molecule has 1 unspecified atom stereocenters. The summed E-state index contributed by atoms with van der Waals surface area (Å²) in [7, 11) is 0. The van der Waals surface area contributed by atoms with E-state index in [0.29, 0.717) is 12.5 Å². The number of benzene rings is 1. The Bertz CT molecular complexity index is 1130. The Morgan fingerprint density at radius 3 is 2.61 bits per heavy atom. The zero-order valence-electron chi connectivity index (χ0n) is 19.1. The first-order valence-electron chi connectivity index (χ1n) is 11.6. The smallest absolute Gasteiger partial charge is 0.253 e. The van der Waals surface area contributed by atoms with E-state index in [1.165, 1.54) is 36.6 Å². The van der Waals surface area contributed by atoms with E-state index in [2.05, 4.69) is 46.0 Å². The van der Waals surface area contributed by atoms with Crippen molar-refractivity contribution >= 4 is 23.4 Å². The SMILES string of the molecule is Cc1ccc(C2=NN(C(=O)CSc3nnc(C)n3C3CCCCC3)C(c3ccco3)C2)cc1. The van der Waals surface area contributed by atoms with Crippen LogP contribution in [0.2, 0.25) is 0 Å². The van der Waals surface area contributed by atoms with Crippen molar-refractivity contribution in [3.63, 3.8) is 0 Å². The molecule has 2 aliphatic rings. The summed E-state index contributed by atoms with van der Waals surface area (Å²) < 4.78 is 7.89. The van der Waals surface area contributed by atoms with Gasteiger partial charge < -0.3 is 8.98 Å². The van der Waals surface area contributed by atoms with Crippen LogP contribution < -0.4 is 0 Å². The molecular formula is C25H29N5O2S. The maximum Gasteiger partial charge on any atom is 0.253 e. The van der Waals surface area contributed by atoms with Crippen molar-refractivity contribution < 1.29 is 9.21 Å². The number of carbonyl (C=O) groups is 1. The maximum absolute atomic E-state index is 13.3. The van der Waals surface area contributed by atoms with Crippen LogP contribution >= 0.6 is 11.8 Å². The first-order chi connectivity index (χ1) is 16.1. The molecule has 2 aromatic heterocycles. The molecule has 0 saturated heterocycles. The standard InChI is InChI=1S/C25H29N5O2S/c1-17-10-12-19(13-11-17)21-15-22(23-9-6-14-32-23)30(28-21)24(31)16-33-25-27-26-18(2)29(25)20-7-4-3-5-8-20/h6,9-14,20,22H,3-5,7-8,15-16H2,1-2H3. The molecule has 7 nitrogen and oxygen atoms in total. The van der Waals surface area contributed by atoms with E-state index in [1.807, 2.05) is 19.1 Å². The fourth-order valence-corrected chi connectivity index (χ4v) is 5.67. The van der Waals surface area contributed by atoms with E-state index in [9.17, 15) is 4.79 Å². The number of rotatable bonds is 6. The van der Waals surface area contributed by atoms with Crippen molar-refractivity contribution in [1.29, 1.82) is 0 Å². The number of amides is 1. The lowest BCUT2D eigenvalue weighted by Crippen LogP contribution is -2.28. The van der Waals surface area contributed by atoms with E-state index < -0.39 is 0 Å². The quantitative estimate of drug-likeness (QED) is 0.454. The summed E-state index contributed by atoms with van der Waals surface area (Å²) in [6.07, 6.45) is 8.34. The summed E-state index contributed by atoms with van der Waals surface area (Å²) in [5.41, 5.74) is 3.13. The minimum atomic E-state index is -0.234. The minimum Gasteiger partial charge on any atom is -0.467 e. The third-order valence-corrected chi connectivity index (χ3v) is 7.45. The fraction of sp³-hybridized carbons (Fsp3) is 0.440. The van der Waals surface area contributed by atoms with Gasteiger partial charge in [-0.05, 0) is 44.4 Å². The van der Waals surface area contributed by atoms with Gasteiger partial charge in [0.2, 0.25) is 0 Å².